The maximum Gasteiger partial charge on any atom is 0.279 e. The molecule has 2 aromatic carbocycles. The molecule has 0 spiro atoms. The number of nitrogens with one attached hydrogen (secondary N) is 2. The van der Waals surface area contributed by atoms with E-state index in [-0.39, 0.29) is 0 Å². The lowest BCUT2D eigenvalue weighted by atomic mass is 10.0. The summed E-state index contributed by atoms with van der Waals surface area (Å²) in [5, 5.41) is 0. The molecule has 0 heterocycles. The molecule has 0 aliphatic heterocycles. The van der Waals surface area contributed by atoms with Gasteiger partial charge in [0, 0.05) is 5.56 Å². The van der Waals surface area contributed by atoms with Crippen molar-refractivity contribution in [1.29, 1.82) is 0 Å². The summed E-state index contributed by atoms with van der Waals surface area (Å²) in [5.41, 5.74) is 6.40. The maximum absolute atomic E-state index is 12.2. The van der Waals surface area contributed by atoms with E-state index in [0.29, 0.717) is 35.5 Å². The molecule has 0 unspecified atom stereocenters. The number of hydrogen-bond donors (Lipinski definition) is 2. The van der Waals surface area contributed by atoms with Gasteiger partial charge in [-0.05, 0) is 60.7 Å². The van der Waals surface area contributed by atoms with Gasteiger partial charge in [-0.1, -0.05) is 39.8 Å². The Bertz CT molecular complexity index is 799. The number of ether oxygens (including phenoxy) is 2. The third-order valence-electron chi connectivity index (χ3n) is 4.23. The van der Waals surface area contributed by atoms with E-state index in [1.54, 1.807) is 31.2 Å². The van der Waals surface area contributed by atoms with Crippen LogP contribution in [0.1, 0.15) is 56.5 Å². The molecule has 1 atom stereocenters. The average Bonchev–Trinajstić information content (AvgIpc) is 2.70. The molecule has 2 amide bonds. The normalized spacial score (nSPS) is 11.8. The molecule has 6 nitrogen and oxygen atoms in total. The van der Waals surface area contributed by atoms with Crippen molar-refractivity contribution in [3.05, 3.63) is 59.7 Å². The summed E-state index contributed by atoms with van der Waals surface area (Å²) in [6, 6.07) is 14.4. The van der Waals surface area contributed by atoms with E-state index in [2.05, 4.69) is 38.5 Å². The Hall–Kier alpha value is -3.02. The molecule has 0 fully saturated rings. The summed E-state index contributed by atoms with van der Waals surface area (Å²) < 4.78 is 11.2. The van der Waals surface area contributed by atoms with Gasteiger partial charge in [0.1, 0.15) is 11.5 Å². The van der Waals surface area contributed by atoms with Crippen LogP contribution in [0.25, 0.3) is 0 Å². The maximum atomic E-state index is 12.2. The summed E-state index contributed by atoms with van der Waals surface area (Å²) in [7, 11) is 0. The van der Waals surface area contributed by atoms with Gasteiger partial charge < -0.3 is 9.47 Å². The second-order valence-corrected chi connectivity index (χ2v) is 7.66. The number of amides is 2. The zero-order valence-corrected chi connectivity index (χ0v) is 17.7. The van der Waals surface area contributed by atoms with Gasteiger partial charge in [-0.2, -0.15) is 0 Å². The van der Waals surface area contributed by atoms with Crippen molar-refractivity contribution in [2.24, 2.45) is 5.92 Å². The molecule has 0 aliphatic rings. The summed E-state index contributed by atoms with van der Waals surface area (Å²) in [5.74, 6) is 1.29. The Labute approximate surface area is 172 Å². The van der Waals surface area contributed by atoms with E-state index >= 15 is 0 Å². The van der Waals surface area contributed by atoms with Crippen LogP contribution in [0.2, 0.25) is 0 Å². The van der Waals surface area contributed by atoms with E-state index in [0.717, 1.165) is 0 Å². The zero-order valence-electron chi connectivity index (χ0n) is 17.7. The van der Waals surface area contributed by atoms with Crippen LogP contribution in [0.4, 0.5) is 0 Å². The number of benzene rings is 2. The predicted octanol–water partition coefficient (Wildman–Crippen LogP) is 4.07. The molecule has 0 aliphatic carbocycles. The van der Waals surface area contributed by atoms with Gasteiger partial charge in [0.15, 0.2) is 6.10 Å². The molecule has 156 valence electrons. The van der Waals surface area contributed by atoms with E-state index in [9.17, 15) is 9.59 Å². The van der Waals surface area contributed by atoms with Gasteiger partial charge in [0.05, 0.1) is 6.61 Å². The zero-order chi connectivity index (χ0) is 21.4. The van der Waals surface area contributed by atoms with Crippen molar-refractivity contribution in [2.75, 3.05) is 6.61 Å². The quantitative estimate of drug-likeness (QED) is 0.657. The first kappa shape index (κ1) is 22.3. The minimum atomic E-state index is -0.757. The van der Waals surface area contributed by atoms with Crippen LogP contribution in [0, 0.1) is 5.92 Å². The second kappa shape index (κ2) is 10.5. The van der Waals surface area contributed by atoms with E-state index in [1.165, 1.54) is 5.56 Å². The standard InChI is InChI=1S/C23H30N2O4/c1-15(2)14-28-20-10-8-19(9-11-20)23(27)25-24-22(26)17(5)29-21-12-6-18(7-13-21)16(3)4/h6-13,15-17H,14H2,1-5H3,(H,24,26)(H,25,27)/t17-/m0/s1. The highest BCUT2D eigenvalue weighted by molar-refractivity contribution is 5.95. The number of carbonyl (C=O) groups excluding carboxylic acids is 2. The minimum Gasteiger partial charge on any atom is -0.493 e. The van der Waals surface area contributed by atoms with Crippen LogP contribution in [-0.4, -0.2) is 24.5 Å². The third kappa shape index (κ3) is 7.14. The third-order valence-corrected chi connectivity index (χ3v) is 4.23. The minimum absolute atomic E-state index is 0.415. The van der Waals surface area contributed by atoms with E-state index in [4.69, 9.17) is 9.47 Å². The lowest BCUT2D eigenvalue weighted by Gasteiger charge is -2.16. The molecule has 0 radical (unpaired) electrons. The first-order valence-corrected chi connectivity index (χ1v) is 9.86. The monoisotopic (exact) mass is 398 g/mol. The van der Waals surface area contributed by atoms with Gasteiger partial charge in [0.2, 0.25) is 0 Å². The molecular formula is C23H30N2O4. The summed E-state index contributed by atoms with van der Waals surface area (Å²) in [4.78, 5) is 24.4. The van der Waals surface area contributed by atoms with Gasteiger partial charge in [-0.15, -0.1) is 0 Å². The van der Waals surface area contributed by atoms with Crippen LogP contribution in [0.15, 0.2) is 48.5 Å². The second-order valence-electron chi connectivity index (χ2n) is 7.66. The molecule has 2 N–H and O–H groups in total. The molecule has 0 saturated heterocycles. The predicted molar refractivity (Wildman–Crippen MR) is 113 cm³/mol. The van der Waals surface area contributed by atoms with Crippen LogP contribution >= 0.6 is 0 Å². The van der Waals surface area contributed by atoms with E-state index in [1.807, 2.05) is 24.3 Å². The summed E-state index contributed by atoms with van der Waals surface area (Å²) >= 11 is 0. The highest BCUT2D eigenvalue weighted by Crippen LogP contribution is 2.19. The molecule has 0 bridgehead atoms. The highest BCUT2D eigenvalue weighted by Gasteiger charge is 2.16. The van der Waals surface area contributed by atoms with Gasteiger partial charge in [-0.3, -0.25) is 20.4 Å². The van der Waals surface area contributed by atoms with Crippen LogP contribution < -0.4 is 20.3 Å². The van der Waals surface area contributed by atoms with Crippen molar-refractivity contribution in [1.82, 2.24) is 10.9 Å². The SMILES string of the molecule is CC(C)COc1ccc(C(=O)NNC(=O)[C@H](C)Oc2ccc(C(C)C)cc2)cc1. The Kier molecular flexibility index (Phi) is 8.07. The fourth-order valence-corrected chi connectivity index (χ4v) is 2.45. The van der Waals surface area contributed by atoms with Gasteiger partial charge in [0.25, 0.3) is 11.8 Å². The smallest absolute Gasteiger partial charge is 0.279 e. The molecule has 6 heteroatoms. The van der Waals surface area contributed by atoms with Gasteiger partial charge >= 0.3 is 0 Å². The number of rotatable bonds is 8. The lowest BCUT2D eigenvalue weighted by molar-refractivity contribution is -0.128. The van der Waals surface area contributed by atoms with Crippen molar-refractivity contribution >= 4 is 11.8 Å². The first-order valence-electron chi connectivity index (χ1n) is 9.86. The van der Waals surface area contributed by atoms with Gasteiger partial charge in [-0.25, -0.2) is 0 Å². The highest BCUT2D eigenvalue weighted by atomic mass is 16.5. The molecule has 29 heavy (non-hydrogen) atoms. The fourth-order valence-electron chi connectivity index (χ4n) is 2.45. The first-order chi connectivity index (χ1) is 13.8. The Morgan fingerprint density at radius 3 is 1.97 bits per heavy atom. The summed E-state index contributed by atoms with van der Waals surface area (Å²) in [6.07, 6.45) is -0.757. The average molecular weight is 399 g/mol. The number of hydrogen-bond acceptors (Lipinski definition) is 4. The fraction of sp³-hybridized carbons (Fsp3) is 0.391. The van der Waals surface area contributed by atoms with Crippen molar-refractivity contribution in [3.8, 4) is 11.5 Å². The molecule has 2 rings (SSSR count). The van der Waals surface area contributed by atoms with Crippen LogP contribution in [0.5, 0.6) is 11.5 Å². The number of carbonyl (C=O) groups is 2. The molecule has 2 aromatic rings. The van der Waals surface area contributed by atoms with Crippen LogP contribution in [-0.2, 0) is 4.79 Å². The van der Waals surface area contributed by atoms with Crippen molar-refractivity contribution in [2.45, 2.75) is 46.6 Å². The van der Waals surface area contributed by atoms with Crippen molar-refractivity contribution in [3.63, 3.8) is 0 Å². The molecular weight excluding hydrogens is 368 g/mol. The largest absolute Gasteiger partial charge is 0.493 e. The Morgan fingerprint density at radius 1 is 0.828 bits per heavy atom. The van der Waals surface area contributed by atoms with E-state index < -0.39 is 17.9 Å². The molecule has 0 aromatic heterocycles. The van der Waals surface area contributed by atoms with Crippen LogP contribution in [0.3, 0.4) is 0 Å². The Balaban J connectivity index is 1.81. The number of hydrazine groups is 1. The Morgan fingerprint density at radius 2 is 1.41 bits per heavy atom. The van der Waals surface area contributed by atoms with Crippen molar-refractivity contribution < 1.29 is 19.1 Å². The molecule has 0 saturated carbocycles. The lowest BCUT2D eigenvalue weighted by Crippen LogP contribution is -2.47. The topological polar surface area (TPSA) is 76.7 Å². The summed E-state index contributed by atoms with van der Waals surface area (Å²) in [6.45, 7) is 10.6.